The van der Waals surface area contributed by atoms with Crippen molar-refractivity contribution < 1.29 is 19.2 Å². The lowest BCUT2D eigenvalue weighted by Gasteiger charge is -2.32. The largest absolute Gasteiger partial charge is 0.288 e. The van der Waals surface area contributed by atoms with Crippen molar-refractivity contribution in [3.8, 4) is 0 Å². The Hall–Kier alpha value is -2.38. The van der Waals surface area contributed by atoms with Gasteiger partial charge < -0.3 is 0 Å². The van der Waals surface area contributed by atoms with Gasteiger partial charge in [-0.05, 0) is 17.7 Å². The van der Waals surface area contributed by atoms with Crippen LogP contribution in [0.1, 0.15) is 45.4 Å². The zero-order chi connectivity index (χ0) is 20.3. The predicted molar refractivity (Wildman–Crippen MR) is 111 cm³/mol. The van der Waals surface area contributed by atoms with Gasteiger partial charge in [0.05, 0.1) is 22.4 Å². The number of benzene rings is 2. The van der Waals surface area contributed by atoms with Crippen LogP contribution < -0.4 is 0 Å². The topological polar surface area (TPSA) is 71.5 Å². The highest BCUT2D eigenvalue weighted by Gasteiger charge is 2.43. The van der Waals surface area contributed by atoms with Gasteiger partial charge in [-0.3, -0.25) is 24.1 Å². The summed E-state index contributed by atoms with van der Waals surface area (Å²) in [5.41, 5.74) is 1.53. The summed E-state index contributed by atoms with van der Waals surface area (Å²) in [4.78, 5) is 50.9. The molecule has 2 atom stereocenters. The molecular weight excluding hydrogens is 394 g/mol. The number of hydrogen-bond donors (Lipinski definition) is 0. The van der Waals surface area contributed by atoms with Gasteiger partial charge in [0.1, 0.15) is 0 Å². The predicted octanol–water partition coefficient (Wildman–Crippen LogP) is 3.95. The fraction of sp³-hybridized carbons (Fsp3) is 0.238. The molecule has 1 aliphatic rings. The molecule has 0 aromatic heterocycles. The van der Waals surface area contributed by atoms with Gasteiger partial charge >= 0.3 is 0 Å². The lowest BCUT2D eigenvalue weighted by atomic mass is 10.1. The Kier molecular flexibility index (Phi) is 6.36. The number of carbonyl (C=O) groups excluding carboxylic acids is 4. The molecule has 2 amide bonds. The third-order valence-corrected chi connectivity index (χ3v) is 6.47. The molecule has 0 unspecified atom stereocenters. The maximum Gasteiger partial charge on any atom is 0.261 e. The molecule has 3 rings (SSSR count). The standard InChI is InChI=1S/C21H19NO4S2/c1-13(23)27-12-18(19(28-14(2)24)15-8-4-3-5-9-15)22-20(25)16-10-6-7-11-17(16)21(22)26/h3-11,18-19H,12H2,1-2H3/t18-,19+/m0/s1. The maximum atomic E-state index is 13.0. The van der Waals surface area contributed by atoms with Crippen LogP contribution >= 0.6 is 23.5 Å². The van der Waals surface area contributed by atoms with Gasteiger partial charge in [-0.1, -0.05) is 66.0 Å². The quantitative estimate of drug-likeness (QED) is 0.668. The normalized spacial score (nSPS) is 15.3. The molecule has 0 radical (unpaired) electrons. The fourth-order valence-electron chi connectivity index (χ4n) is 3.20. The van der Waals surface area contributed by atoms with E-state index in [4.69, 9.17) is 0 Å². The van der Waals surface area contributed by atoms with Crippen molar-refractivity contribution in [3.05, 3.63) is 71.3 Å². The van der Waals surface area contributed by atoms with E-state index in [0.717, 1.165) is 29.1 Å². The Morgan fingerprint density at radius 3 is 1.89 bits per heavy atom. The van der Waals surface area contributed by atoms with Crippen LogP contribution in [0.15, 0.2) is 54.6 Å². The zero-order valence-corrected chi connectivity index (χ0v) is 17.1. The number of amides is 2. The van der Waals surface area contributed by atoms with E-state index in [9.17, 15) is 19.2 Å². The van der Waals surface area contributed by atoms with E-state index in [1.807, 2.05) is 30.3 Å². The molecule has 7 heteroatoms. The van der Waals surface area contributed by atoms with Crippen LogP contribution in [-0.2, 0) is 9.59 Å². The maximum absolute atomic E-state index is 13.0. The Morgan fingerprint density at radius 2 is 1.39 bits per heavy atom. The van der Waals surface area contributed by atoms with E-state index in [0.29, 0.717) is 11.1 Å². The number of thioether (sulfide) groups is 2. The van der Waals surface area contributed by atoms with Crippen LogP contribution in [0.4, 0.5) is 0 Å². The number of fused-ring (bicyclic) bond motifs is 1. The second-order valence-corrected chi connectivity index (χ2v) is 8.85. The van der Waals surface area contributed by atoms with Gasteiger partial charge in [0, 0.05) is 19.6 Å². The number of imide groups is 1. The Morgan fingerprint density at radius 1 is 0.857 bits per heavy atom. The van der Waals surface area contributed by atoms with E-state index in [2.05, 4.69) is 0 Å². The molecule has 0 fully saturated rings. The van der Waals surface area contributed by atoms with Gasteiger partial charge in [0.15, 0.2) is 10.2 Å². The van der Waals surface area contributed by atoms with Gasteiger partial charge in [-0.2, -0.15) is 0 Å². The summed E-state index contributed by atoms with van der Waals surface area (Å²) in [5, 5.41) is -0.697. The number of hydrogen-bond acceptors (Lipinski definition) is 6. The van der Waals surface area contributed by atoms with E-state index in [1.54, 1.807) is 24.3 Å². The minimum Gasteiger partial charge on any atom is -0.288 e. The molecular formula is C21H19NO4S2. The van der Waals surface area contributed by atoms with Crippen LogP contribution in [-0.4, -0.2) is 38.7 Å². The first-order chi connectivity index (χ1) is 13.4. The molecule has 0 spiro atoms. The molecule has 1 aliphatic heterocycles. The minimum absolute atomic E-state index is 0.110. The first-order valence-electron chi connectivity index (χ1n) is 8.72. The fourth-order valence-corrected chi connectivity index (χ4v) is 5.09. The summed E-state index contributed by atoms with van der Waals surface area (Å²) in [6.07, 6.45) is 0. The van der Waals surface area contributed by atoms with Crippen LogP contribution in [0, 0.1) is 0 Å². The van der Waals surface area contributed by atoms with Crippen molar-refractivity contribution >= 4 is 45.6 Å². The van der Waals surface area contributed by atoms with Crippen LogP contribution in [0.25, 0.3) is 0 Å². The van der Waals surface area contributed by atoms with E-state index in [1.165, 1.54) is 18.7 Å². The van der Waals surface area contributed by atoms with Crippen LogP contribution in [0.5, 0.6) is 0 Å². The average molecular weight is 414 g/mol. The van der Waals surface area contributed by atoms with Crippen molar-refractivity contribution in [2.24, 2.45) is 0 Å². The highest BCUT2D eigenvalue weighted by atomic mass is 32.2. The van der Waals surface area contributed by atoms with E-state index in [-0.39, 0.29) is 27.8 Å². The van der Waals surface area contributed by atoms with Gasteiger partial charge in [-0.25, -0.2) is 0 Å². The molecule has 1 heterocycles. The molecule has 2 aromatic carbocycles. The molecule has 5 nitrogen and oxygen atoms in total. The van der Waals surface area contributed by atoms with Crippen molar-refractivity contribution in [1.29, 1.82) is 0 Å². The second-order valence-electron chi connectivity index (χ2n) is 6.34. The molecule has 0 saturated carbocycles. The van der Waals surface area contributed by atoms with Crippen molar-refractivity contribution in [2.45, 2.75) is 25.1 Å². The smallest absolute Gasteiger partial charge is 0.261 e. The molecule has 0 N–H and O–H groups in total. The Labute approximate surface area is 171 Å². The first-order valence-corrected chi connectivity index (χ1v) is 10.6. The van der Waals surface area contributed by atoms with Gasteiger partial charge in [-0.15, -0.1) is 0 Å². The molecule has 0 aliphatic carbocycles. The number of nitrogens with zero attached hydrogens (tertiary/aromatic N) is 1. The summed E-state index contributed by atoms with van der Waals surface area (Å²) in [7, 11) is 0. The summed E-state index contributed by atoms with van der Waals surface area (Å²) in [6.45, 7) is 2.90. The third kappa shape index (κ3) is 4.20. The highest BCUT2D eigenvalue weighted by Crippen LogP contribution is 2.39. The molecule has 0 saturated heterocycles. The number of carbonyl (C=O) groups is 4. The molecule has 0 bridgehead atoms. The van der Waals surface area contributed by atoms with E-state index < -0.39 is 11.3 Å². The zero-order valence-electron chi connectivity index (χ0n) is 15.5. The van der Waals surface area contributed by atoms with Crippen molar-refractivity contribution in [2.75, 3.05) is 5.75 Å². The van der Waals surface area contributed by atoms with Gasteiger partial charge in [0.25, 0.3) is 11.8 Å². The van der Waals surface area contributed by atoms with Gasteiger partial charge in [0.2, 0.25) is 0 Å². The first kappa shape index (κ1) is 20.4. The molecule has 144 valence electrons. The summed E-state index contributed by atoms with van der Waals surface area (Å²) < 4.78 is 0. The Balaban J connectivity index is 2.05. The second kappa shape index (κ2) is 8.75. The van der Waals surface area contributed by atoms with Crippen molar-refractivity contribution in [3.63, 3.8) is 0 Å². The average Bonchev–Trinajstić information content (AvgIpc) is 2.93. The minimum atomic E-state index is -0.641. The summed E-state index contributed by atoms with van der Waals surface area (Å²) in [5.74, 6) is -0.555. The molecule has 2 aromatic rings. The Bertz CT molecular complexity index is 894. The molecule has 28 heavy (non-hydrogen) atoms. The van der Waals surface area contributed by atoms with E-state index >= 15 is 0 Å². The lowest BCUT2D eigenvalue weighted by Crippen LogP contribution is -2.44. The highest BCUT2D eigenvalue weighted by molar-refractivity contribution is 8.14. The lowest BCUT2D eigenvalue weighted by molar-refractivity contribution is -0.109. The van der Waals surface area contributed by atoms with Crippen LogP contribution in [0.2, 0.25) is 0 Å². The number of rotatable bonds is 6. The van der Waals surface area contributed by atoms with Crippen LogP contribution in [0.3, 0.4) is 0 Å². The third-order valence-electron chi connectivity index (χ3n) is 4.38. The monoisotopic (exact) mass is 413 g/mol. The SMILES string of the molecule is CC(=O)SC[C@@H]([C@H](SC(C)=O)c1ccccc1)N1C(=O)c2ccccc2C1=O. The summed E-state index contributed by atoms with van der Waals surface area (Å²) in [6, 6.07) is 15.3. The van der Waals surface area contributed by atoms with Crippen molar-refractivity contribution in [1.82, 2.24) is 4.90 Å². The summed E-state index contributed by atoms with van der Waals surface area (Å²) >= 11 is 2.12.